The number of phenols is 1. The van der Waals surface area contributed by atoms with Gasteiger partial charge in [0.15, 0.2) is 11.5 Å². The van der Waals surface area contributed by atoms with E-state index >= 15 is 0 Å². The van der Waals surface area contributed by atoms with E-state index in [1.165, 1.54) is 31.4 Å². The Balaban J connectivity index is 2.42. The summed E-state index contributed by atoms with van der Waals surface area (Å²) >= 11 is 0. The summed E-state index contributed by atoms with van der Waals surface area (Å²) in [6.45, 7) is 2.16. The van der Waals surface area contributed by atoms with Crippen LogP contribution in [0.4, 0.5) is 0 Å². The van der Waals surface area contributed by atoms with E-state index in [1.807, 2.05) is 0 Å². The molecule has 1 N–H and O–H groups in total. The van der Waals surface area contributed by atoms with Crippen molar-refractivity contribution >= 4 is 5.78 Å². The number of carbonyl (C=O) groups excluding carboxylic acids is 1. The number of Topliss-reactive ketones (excluding diaryl/α,β-unsaturated/α-hetero) is 1. The predicted molar refractivity (Wildman–Crippen MR) is 81.4 cm³/mol. The van der Waals surface area contributed by atoms with E-state index in [9.17, 15) is 9.90 Å². The van der Waals surface area contributed by atoms with E-state index in [0.29, 0.717) is 19.3 Å². The first-order valence-electron chi connectivity index (χ1n) is 8.84. The van der Waals surface area contributed by atoms with Crippen LogP contribution in [0.3, 0.4) is 0 Å². The number of aryl methyl sites for hydroxylation is 1. The fourth-order valence-electron chi connectivity index (χ4n) is 2.13. The molecule has 0 amide bonds. The molecule has 1 aromatic rings. The van der Waals surface area contributed by atoms with Gasteiger partial charge in [-0.2, -0.15) is 0 Å². The van der Waals surface area contributed by atoms with Gasteiger partial charge in [0.2, 0.25) is 0 Å². The second kappa shape index (κ2) is 9.40. The zero-order valence-corrected chi connectivity index (χ0v) is 12.2. The van der Waals surface area contributed by atoms with Gasteiger partial charge in [-0.3, -0.25) is 4.79 Å². The molecule has 0 aliphatic rings. The number of aromatic hydroxyl groups is 1. The molecule has 1 rings (SSSR count). The summed E-state index contributed by atoms with van der Waals surface area (Å²) in [5.74, 6) is -0.0745. The van der Waals surface area contributed by atoms with Crippen molar-refractivity contribution in [2.45, 2.75) is 58.3 Å². The van der Waals surface area contributed by atoms with Gasteiger partial charge in [-0.05, 0) is 30.5 Å². The molecule has 0 radical (unpaired) electrons. The molecular weight excluding hydrogens is 253 g/mol. The smallest absolute Gasteiger partial charge is 0.160 e. The summed E-state index contributed by atoms with van der Waals surface area (Å²) in [6, 6.07) is 4.55. The number of carbonyl (C=O) groups is 1. The number of hydrogen-bond donors (Lipinski definition) is 1. The lowest BCUT2D eigenvalue weighted by Gasteiger charge is -2.06. The van der Waals surface area contributed by atoms with Crippen LogP contribution in [0.15, 0.2) is 18.2 Å². The number of ketones is 1. The van der Waals surface area contributed by atoms with Gasteiger partial charge in [0.25, 0.3) is 0 Å². The van der Waals surface area contributed by atoms with Crippen molar-refractivity contribution in [3.05, 3.63) is 23.8 Å². The molecule has 0 heterocycles. The van der Waals surface area contributed by atoms with Gasteiger partial charge < -0.3 is 9.84 Å². The van der Waals surface area contributed by atoms with Crippen LogP contribution < -0.4 is 4.74 Å². The number of benzene rings is 1. The molecule has 0 bridgehead atoms. The highest BCUT2D eigenvalue weighted by atomic mass is 16.5. The van der Waals surface area contributed by atoms with Gasteiger partial charge in [-0.1, -0.05) is 38.7 Å². The largest absolute Gasteiger partial charge is 0.504 e. The molecule has 0 saturated carbocycles. The van der Waals surface area contributed by atoms with Gasteiger partial charge in [-0.25, -0.2) is 0 Å². The Hall–Kier alpha value is -1.51. The summed E-state index contributed by atoms with van der Waals surface area (Å²) < 4.78 is 26.0. The van der Waals surface area contributed by atoms with E-state index in [2.05, 4.69) is 6.92 Å². The molecule has 1 aromatic carbocycles. The van der Waals surface area contributed by atoms with E-state index in [0.717, 1.165) is 18.4 Å². The summed E-state index contributed by atoms with van der Waals surface area (Å²) in [4.78, 5) is 11.9. The molecule has 0 fully saturated rings. The van der Waals surface area contributed by atoms with E-state index in [4.69, 9.17) is 8.85 Å². The first-order valence-corrected chi connectivity index (χ1v) is 7.34. The van der Waals surface area contributed by atoms with Crippen LogP contribution in [0.25, 0.3) is 0 Å². The van der Waals surface area contributed by atoms with Gasteiger partial charge in [-0.15, -0.1) is 0 Å². The first kappa shape index (κ1) is 12.2. The summed E-state index contributed by atoms with van der Waals surface area (Å²) in [5, 5.41) is 9.62. The Morgan fingerprint density at radius 3 is 2.80 bits per heavy atom. The standard InChI is InChI=1S/C17H26O3/c1-3-4-5-6-7-8-15(18)11-9-14-10-12-16(19)17(13-14)20-2/h10,12-13,19H,3-9,11H2,1-2H3/i2+1D3. The normalized spacial score (nSPS) is 13.3. The molecule has 0 saturated heterocycles. The molecule has 0 aliphatic carbocycles. The number of phenolic OH excluding ortho intramolecular Hbond substituents is 1. The molecule has 3 heteroatoms. The third-order valence-corrected chi connectivity index (χ3v) is 3.39. The second-order valence-electron chi connectivity index (χ2n) is 5.11. The zero-order valence-electron chi connectivity index (χ0n) is 15.2. The lowest BCUT2D eigenvalue weighted by molar-refractivity contribution is -0.119. The highest BCUT2D eigenvalue weighted by molar-refractivity contribution is 5.78. The Morgan fingerprint density at radius 2 is 2.05 bits per heavy atom. The molecule has 0 aromatic heterocycles. The first-order chi connectivity index (χ1) is 10.8. The molecular formula is C17H26O3. The maximum Gasteiger partial charge on any atom is 0.160 e. The zero-order chi connectivity index (χ0) is 17.3. The van der Waals surface area contributed by atoms with Gasteiger partial charge in [0.05, 0.1) is 11.2 Å². The number of methoxy groups -OCH3 is 1. The fourth-order valence-corrected chi connectivity index (χ4v) is 2.13. The number of unbranched alkanes of at least 4 members (excludes halogenated alkanes) is 4. The lowest BCUT2D eigenvalue weighted by Crippen LogP contribution is -2.00. The summed E-state index contributed by atoms with van der Waals surface area (Å²) in [7, 11) is -2.61. The minimum absolute atomic E-state index is 0.0745. The number of hydrogen-bond acceptors (Lipinski definition) is 3. The van der Waals surface area contributed by atoms with Crippen molar-refractivity contribution < 1.29 is 18.8 Å². The van der Waals surface area contributed by atoms with Crippen molar-refractivity contribution in [3.63, 3.8) is 0 Å². The third kappa shape index (κ3) is 6.09. The van der Waals surface area contributed by atoms with Crippen LogP contribution in [0, 0.1) is 0 Å². The van der Waals surface area contributed by atoms with Crippen LogP contribution in [-0.2, 0) is 11.2 Å². The topological polar surface area (TPSA) is 46.5 Å². The van der Waals surface area contributed by atoms with Crippen molar-refractivity contribution in [1.82, 2.24) is 0 Å². The Morgan fingerprint density at radius 1 is 1.25 bits per heavy atom. The second-order valence-corrected chi connectivity index (χ2v) is 5.11. The SMILES string of the molecule is [2H][13C]([2H])([2H])Oc1cc(CCC(=O)CCCCCCC)ccc1O. The maximum absolute atomic E-state index is 11.9. The maximum atomic E-state index is 11.9. The quantitative estimate of drug-likeness (QED) is 0.515. The molecule has 20 heavy (non-hydrogen) atoms. The fraction of sp³-hybridized carbons (Fsp3) is 0.588. The summed E-state index contributed by atoms with van der Waals surface area (Å²) in [6.07, 6.45) is 7.15. The summed E-state index contributed by atoms with van der Waals surface area (Å²) in [5.41, 5.74) is 0.779. The van der Waals surface area contributed by atoms with Crippen molar-refractivity contribution in [2.75, 3.05) is 7.04 Å². The average Bonchev–Trinajstić information content (AvgIpc) is 2.46. The highest BCUT2D eigenvalue weighted by Crippen LogP contribution is 2.26. The molecule has 112 valence electrons. The minimum atomic E-state index is -2.61. The lowest BCUT2D eigenvalue weighted by atomic mass is 10.0. The van der Waals surface area contributed by atoms with Crippen molar-refractivity contribution in [1.29, 1.82) is 0 Å². The Bertz CT molecular complexity index is 498. The van der Waals surface area contributed by atoms with E-state index in [1.54, 1.807) is 6.07 Å². The number of rotatable bonds is 10. The molecule has 0 aliphatic heterocycles. The minimum Gasteiger partial charge on any atom is -0.504 e. The molecule has 3 nitrogen and oxygen atoms in total. The van der Waals surface area contributed by atoms with E-state index < -0.39 is 7.04 Å². The van der Waals surface area contributed by atoms with Crippen molar-refractivity contribution in [2.24, 2.45) is 0 Å². The van der Waals surface area contributed by atoms with Gasteiger partial charge >= 0.3 is 0 Å². The van der Waals surface area contributed by atoms with Crippen LogP contribution in [0.2, 0.25) is 0 Å². The monoisotopic (exact) mass is 282 g/mol. The van der Waals surface area contributed by atoms with Crippen LogP contribution in [0.1, 0.15) is 61.5 Å². The highest BCUT2D eigenvalue weighted by Gasteiger charge is 2.06. The molecule has 0 spiro atoms. The van der Waals surface area contributed by atoms with Crippen molar-refractivity contribution in [3.8, 4) is 11.5 Å². The van der Waals surface area contributed by atoms with Gasteiger partial charge in [0.1, 0.15) is 5.78 Å². The average molecular weight is 282 g/mol. The van der Waals surface area contributed by atoms with E-state index in [-0.39, 0.29) is 17.3 Å². The van der Waals surface area contributed by atoms with Crippen LogP contribution in [-0.4, -0.2) is 17.9 Å². The van der Waals surface area contributed by atoms with Crippen LogP contribution in [0.5, 0.6) is 11.5 Å². The van der Waals surface area contributed by atoms with Gasteiger partial charge in [0, 0.05) is 12.8 Å². The Kier molecular flexibility index (Phi) is 5.76. The van der Waals surface area contributed by atoms with Crippen LogP contribution >= 0.6 is 0 Å². The molecule has 0 atom stereocenters. The molecule has 0 unspecified atom stereocenters. The number of ether oxygens (including phenoxy) is 1. The Labute approximate surface area is 126 Å². The predicted octanol–water partition coefficient (Wildman–Crippen LogP) is 4.26. The third-order valence-electron chi connectivity index (χ3n) is 3.39.